The van der Waals surface area contributed by atoms with Crippen molar-refractivity contribution in [2.45, 2.75) is 18.5 Å². The van der Waals surface area contributed by atoms with Crippen molar-refractivity contribution in [2.75, 3.05) is 11.5 Å². The fourth-order valence-electron chi connectivity index (χ4n) is 3.32. The number of amides is 3. The largest absolute Gasteiger partial charge is 0.350 e. The van der Waals surface area contributed by atoms with Gasteiger partial charge in [-0.05, 0) is 17.7 Å². The van der Waals surface area contributed by atoms with E-state index in [1.54, 1.807) is 45.9 Å². The van der Waals surface area contributed by atoms with Gasteiger partial charge in [0.2, 0.25) is 5.91 Å². The number of benzene rings is 2. The lowest BCUT2D eigenvalue weighted by Gasteiger charge is -2.26. The van der Waals surface area contributed by atoms with Crippen LogP contribution in [0, 0.1) is 0 Å². The molecule has 0 saturated carbocycles. The summed E-state index contributed by atoms with van der Waals surface area (Å²) in [5.41, 5.74) is 1.63. The Balaban J connectivity index is 1.64. The standard InChI is InChI=1S/C20H18N2O3S2/c23-18(21-14-11-26-27-12-14)17(10-13-6-2-1-3-7-13)22-19(24)15-8-4-5-9-16(15)20(22)25/h1-9,14,17H,10-12H2,(H,21,23). The van der Waals surface area contributed by atoms with Crippen LogP contribution in [0.5, 0.6) is 0 Å². The summed E-state index contributed by atoms with van der Waals surface area (Å²) in [7, 11) is 3.43. The number of carbonyl (C=O) groups excluding carboxylic acids is 3. The van der Waals surface area contributed by atoms with Crippen LogP contribution in [0.25, 0.3) is 0 Å². The first-order valence-corrected chi connectivity index (χ1v) is 11.2. The van der Waals surface area contributed by atoms with Crippen molar-refractivity contribution in [1.82, 2.24) is 10.2 Å². The second-order valence-electron chi connectivity index (χ2n) is 6.51. The number of nitrogens with one attached hydrogen (secondary N) is 1. The molecule has 1 atom stereocenters. The maximum atomic E-state index is 13.1. The van der Waals surface area contributed by atoms with Crippen LogP contribution in [0.1, 0.15) is 26.3 Å². The summed E-state index contributed by atoms with van der Waals surface area (Å²) in [5.74, 6) is 0.581. The third kappa shape index (κ3) is 3.61. The fraction of sp³-hybridized carbons (Fsp3) is 0.250. The van der Waals surface area contributed by atoms with Crippen LogP contribution in [0.3, 0.4) is 0 Å². The van der Waals surface area contributed by atoms with Crippen LogP contribution >= 0.6 is 21.6 Å². The van der Waals surface area contributed by atoms with E-state index in [0.29, 0.717) is 17.5 Å². The zero-order valence-electron chi connectivity index (χ0n) is 14.5. The first-order chi connectivity index (χ1) is 13.1. The van der Waals surface area contributed by atoms with E-state index in [1.165, 1.54) is 0 Å². The van der Waals surface area contributed by atoms with E-state index in [0.717, 1.165) is 22.0 Å². The van der Waals surface area contributed by atoms with Crippen molar-refractivity contribution < 1.29 is 14.4 Å². The second-order valence-corrected chi connectivity index (χ2v) is 9.06. The van der Waals surface area contributed by atoms with Crippen molar-refractivity contribution >= 4 is 39.3 Å². The van der Waals surface area contributed by atoms with E-state index in [4.69, 9.17) is 0 Å². The van der Waals surface area contributed by atoms with Crippen molar-refractivity contribution in [1.29, 1.82) is 0 Å². The molecular weight excluding hydrogens is 380 g/mol. The Kier molecular flexibility index (Phi) is 5.22. The van der Waals surface area contributed by atoms with Crippen molar-refractivity contribution in [3.05, 3.63) is 71.3 Å². The predicted octanol–water partition coefficient (Wildman–Crippen LogP) is 2.77. The van der Waals surface area contributed by atoms with Crippen molar-refractivity contribution in [3.63, 3.8) is 0 Å². The molecule has 2 heterocycles. The molecule has 4 rings (SSSR count). The summed E-state index contributed by atoms with van der Waals surface area (Å²) < 4.78 is 0. The maximum Gasteiger partial charge on any atom is 0.262 e. The van der Waals surface area contributed by atoms with Gasteiger partial charge in [-0.1, -0.05) is 64.1 Å². The summed E-state index contributed by atoms with van der Waals surface area (Å²) in [5, 5.41) is 3.02. The molecule has 0 aromatic heterocycles. The van der Waals surface area contributed by atoms with Crippen LogP contribution in [-0.2, 0) is 11.2 Å². The highest BCUT2D eigenvalue weighted by molar-refractivity contribution is 8.77. The number of hydrogen-bond donors (Lipinski definition) is 1. The third-order valence-corrected chi connectivity index (χ3v) is 7.24. The van der Waals surface area contributed by atoms with Crippen LogP contribution in [0.2, 0.25) is 0 Å². The molecule has 0 bridgehead atoms. The summed E-state index contributed by atoms with van der Waals surface area (Å²) in [6.45, 7) is 0. The first kappa shape index (κ1) is 18.1. The minimum atomic E-state index is -0.865. The van der Waals surface area contributed by atoms with Crippen molar-refractivity contribution in [2.24, 2.45) is 0 Å². The summed E-state index contributed by atoms with van der Waals surface area (Å²) in [6.07, 6.45) is 0.297. The lowest BCUT2D eigenvalue weighted by molar-refractivity contribution is -0.125. The third-order valence-electron chi connectivity index (χ3n) is 4.68. The molecule has 2 aliphatic heterocycles. The Morgan fingerprint density at radius 1 is 0.963 bits per heavy atom. The molecule has 27 heavy (non-hydrogen) atoms. The van der Waals surface area contributed by atoms with Crippen LogP contribution in [0.15, 0.2) is 54.6 Å². The van der Waals surface area contributed by atoms with Gasteiger partial charge in [0.05, 0.1) is 11.1 Å². The highest BCUT2D eigenvalue weighted by atomic mass is 33.1. The minimum Gasteiger partial charge on any atom is -0.350 e. The molecule has 1 fully saturated rings. The Hall–Kier alpha value is -2.25. The van der Waals surface area contributed by atoms with Gasteiger partial charge in [-0.2, -0.15) is 0 Å². The van der Waals surface area contributed by atoms with Crippen LogP contribution in [0.4, 0.5) is 0 Å². The van der Waals surface area contributed by atoms with E-state index >= 15 is 0 Å². The molecule has 7 heteroatoms. The van der Waals surface area contributed by atoms with Gasteiger partial charge in [0.25, 0.3) is 11.8 Å². The Bertz CT molecular complexity index is 847. The van der Waals surface area contributed by atoms with Gasteiger partial charge >= 0.3 is 0 Å². The molecule has 2 aromatic carbocycles. The molecule has 2 aliphatic rings. The quantitative estimate of drug-likeness (QED) is 0.620. The smallest absolute Gasteiger partial charge is 0.262 e. The average molecular weight is 399 g/mol. The lowest BCUT2D eigenvalue weighted by Crippen LogP contribution is -2.53. The number of hydrogen-bond acceptors (Lipinski definition) is 5. The molecule has 1 saturated heterocycles. The molecule has 0 radical (unpaired) electrons. The van der Waals surface area contributed by atoms with Gasteiger partial charge < -0.3 is 5.32 Å². The lowest BCUT2D eigenvalue weighted by atomic mass is 10.0. The Morgan fingerprint density at radius 3 is 2.11 bits per heavy atom. The molecule has 1 N–H and O–H groups in total. The van der Waals surface area contributed by atoms with Crippen LogP contribution < -0.4 is 5.32 Å². The Morgan fingerprint density at radius 2 is 1.52 bits per heavy atom. The molecule has 0 spiro atoms. The van der Waals surface area contributed by atoms with Gasteiger partial charge in [-0.25, -0.2) is 0 Å². The van der Waals surface area contributed by atoms with Gasteiger partial charge in [-0.3, -0.25) is 19.3 Å². The molecule has 2 aromatic rings. The van der Waals surface area contributed by atoms with E-state index in [2.05, 4.69) is 5.32 Å². The monoisotopic (exact) mass is 398 g/mol. The van der Waals surface area contributed by atoms with E-state index in [1.807, 2.05) is 30.3 Å². The number of imide groups is 1. The molecular formula is C20H18N2O3S2. The summed E-state index contributed by atoms with van der Waals surface area (Å²) >= 11 is 0. The molecule has 138 valence electrons. The zero-order chi connectivity index (χ0) is 18.8. The highest BCUT2D eigenvalue weighted by Crippen LogP contribution is 2.31. The number of rotatable bonds is 5. The minimum absolute atomic E-state index is 0.0564. The Labute approximate surface area is 165 Å². The fourth-order valence-corrected chi connectivity index (χ4v) is 5.95. The molecule has 1 unspecified atom stereocenters. The second kappa shape index (κ2) is 7.78. The van der Waals surface area contributed by atoms with Crippen molar-refractivity contribution in [3.8, 4) is 0 Å². The predicted molar refractivity (Wildman–Crippen MR) is 108 cm³/mol. The normalized spacial score (nSPS) is 17.9. The van der Waals surface area contributed by atoms with E-state index < -0.39 is 17.9 Å². The number of carbonyl (C=O) groups is 3. The SMILES string of the molecule is O=C(NC1CSSC1)C(Cc1ccccc1)N1C(=O)c2ccccc2C1=O. The summed E-state index contributed by atoms with van der Waals surface area (Å²) in [4.78, 5) is 40.0. The average Bonchev–Trinajstić information content (AvgIpc) is 3.28. The van der Waals surface area contributed by atoms with Gasteiger partial charge in [0, 0.05) is 24.0 Å². The van der Waals surface area contributed by atoms with Gasteiger partial charge in [-0.15, -0.1) is 0 Å². The van der Waals surface area contributed by atoms with Gasteiger partial charge in [0.15, 0.2) is 0 Å². The van der Waals surface area contributed by atoms with E-state index in [-0.39, 0.29) is 11.9 Å². The van der Waals surface area contributed by atoms with E-state index in [9.17, 15) is 14.4 Å². The number of nitrogens with zero attached hydrogens (tertiary/aromatic N) is 1. The molecule has 5 nitrogen and oxygen atoms in total. The number of fused-ring (bicyclic) bond motifs is 1. The topological polar surface area (TPSA) is 66.5 Å². The van der Waals surface area contributed by atoms with Gasteiger partial charge in [0.1, 0.15) is 6.04 Å². The zero-order valence-corrected chi connectivity index (χ0v) is 16.1. The van der Waals surface area contributed by atoms with Crippen LogP contribution in [-0.4, -0.2) is 46.2 Å². The highest BCUT2D eigenvalue weighted by Gasteiger charge is 2.43. The maximum absolute atomic E-state index is 13.1. The molecule has 0 aliphatic carbocycles. The first-order valence-electron chi connectivity index (χ1n) is 8.71. The molecule has 3 amide bonds. The summed E-state index contributed by atoms with van der Waals surface area (Å²) in [6, 6.07) is 15.4.